The Morgan fingerprint density at radius 3 is 2.45 bits per heavy atom. The van der Waals surface area contributed by atoms with Crippen molar-refractivity contribution in [2.75, 3.05) is 7.11 Å². The molecule has 0 aliphatic heterocycles. The molecule has 0 spiro atoms. The molecule has 2 aromatic heterocycles. The average molecular weight is 558 g/mol. The molecule has 12 heteroatoms. The Bertz CT molecular complexity index is 1740. The van der Waals surface area contributed by atoms with Gasteiger partial charge in [0.05, 0.1) is 24.6 Å². The second kappa shape index (κ2) is 10.1. The minimum absolute atomic E-state index is 0.119. The van der Waals surface area contributed by atoms with Crippen molar-refractivity contribution in [3.63, 3.8) is 0 Å². The topological polar surface area (TPSA) is 96.0 Å². The van der Waals surface area contributed by atoms with E-state index in [1.807, 2.05) is 0 Å². The summed E-state index contributed by atoms with van der Waals surface area (Å²) in [5.41, 5.74) is 2.47. The second-order valence-electron chi connectivity index (χ2n) is 9.02. The fourth-order valence-corrected chi connectivity index (χ4v) is 4.55. The van der Waals surface area contributed by atoms with E-state index < -0.39 is 30.0 Å². The number of carboxylic acid groups (broad SMARTS) is 1. The number of benzene rings is 3. The fourth-order valence-electron chi connectivity index (χ4n) is 4.55. The number of methoxy groups -OCH3 is 1. The standard InChI is InChI=1S/C28H22F4N2O6/c1-14-25(26-21-8-4-17(37-3)12-24(21)40-33-26)20-7-5-19(39-28(30,31)32)11-23(20)34(14)13-16-10-18(6-9-22(16)29)38-15(2)27(35)36/h4-12,15H,13H2,1-3H3,(H,35,36)/t15-/m0/s1. The van der Waals surface area contributed by atoms with Crippen LogP contribution in [-0.2, 0) is 11.3 Å². The monoisotopic (exact) mass is 558 g/mol. The third-order valence-corrected chi connectivity index (χ3v) is 6.45. The van der Waals surface area contributed by atoms with Crippen LogP contribution in [0.4, 0.5) is 17.6 Å². The number of aromatic nitrogens is 2. The Kier molecular flexibility index (Phi) is 6.78. The lowest BCUT2D eigenvalue weighted by Crippen LogP contribution is -2.23. The molecule has 1 N–H and O–H groups in total. The molecule has 0 amide bonds. The van der Waals surface area contributed by atoms with E-state index in [9.17, 15) is 22.4 Å². The minimum atomic E-state index is -4.91. The number of nitrogens with zero attached hydrogens (tertiary/aromatic N) is 2. The highest BCUT2D eigenvalue weighted by molar-refractivity contribution is 6.04. The Morgan fingerprint density at radius 1 is 1.05 bits per heavy atom. The molecule has 5 aromatic rings. The SMILES string of the molecule is COc1ccc2c(-c3c(C)n(Cc4cc(O[C@@H](C)C(=O)O)ccc4F)c4cc(OC(F)(F)F)ccc34)noc2c1. The van der Waals surface area contributed by atoms with Crippen LogP contribution in [0.2, 0.25) is 0 Å². The fraction of sp³-hybridized carbons (Fsp3) is 0.214. The first-order valence-electron chi connectivity index (χ1n) is 12.0. The van der Waals surface area contributed by atoms with Crippen molar-refractivity contribution in [3.8, 4) is 28.5 Å². The highest BCUT2D eigenvalue weighted by atomic mass is 19.4. The summed E-state index contributed by atoms with van der Waals surface area (Å²) in [6.45, 7) is 2.95. The zero-order valence-electron chi connectivity index (χ0n) is 21.4. The van der Waals surface area contributed by atoms with Gasteiger partial charge in [-0.15, -0.1) is 13.2 Å². The largest absolute Gasteiger partial charge is 0.573 e. The summed E-state index contributed by atoms with van der Waals surface area (Å²) >= 11 is 0. The average Bonchev–Trinajstić information content (AvgIpc) is 3.42. The van der Waals surface area contributed by atoms with Crippen LogP contribution in [0.5, 0.6) is 17.2 Å². The van der Waals surface area contributed by atoms with Crippen LogP contribution in [0.1, 0.15) is 18.2 Å². The van der Waals surface area contributed by atoms with Crippen molar-refractivity contribution < 1.29 is 46.2 Å². The van der Waals surface area contributed by atoms with Crippen molar-refractivity contribution in [2.24, 2.45) is 0 Å². The van der Waals surface area contributed by atoms with E-state index >= 15 is 0 Å². The maximum absolute atomic E-state index is 14.9. The number of ether oxygens (including phenoxy) is 3. The molecule has 40 heavy (non-hydrogen) atoms. The van der Waals surface area contributed by atoms with Crippen LogP contribution in [-0.4, -0.2) is 40.4 Å². The van der Waals surface area contributed by atoms with Gasteiger partial charge in [-0.2, -0.15) is 0 Å². The Balaban J connectivity index is 1.67. The number of fused-ring (bicyclic) bond motifs is 2. The predicted molar refractivity (Wildman–Crippen MR) is 136 cm³/mol. The van der Waals surface area contributed by atoms with Crippen molar-refractivity contribution in [2.45, 2.75) is 32.9 Å². The quantitative estimate of drug-likeness (QED) is 0.212. The van der Waals surface area contributed by atoms with Crippen molar-refractivity contribution in [1.82, 2.24) is 9.72 Å². The van der Waals surface area contributed by atoms with Gasteiger partial charge in [-0.1, -0.05) is 5.16 Å². The molecule has 0 aliphatic rings. The molecule has 0 aliphatic carbocycles. The van der Waals surface area contributed by atoms with Crippen LogP contribution < -0.4 is 14.2 Å². The molecular weight excluding hydrogens is 536 g/mol. The van der Waals surface area contributed by atoms with Crippen molar-refractivity contribution >= 4 is 27.8 Å². The third-order valence-electron chi connectivity index (χ3n) is 6.45. The van der Waals surface area contributed by atoms with Crippen LogP contribution in [0.15, 0.2) is 59.1 Å². The molecule has 208 valence electrons. The molecule has 0 saturated heterocycles. The van der Waals surface area contributed by atoms with Crippen LogP contribution in [0.25, 0.3) is 33.1 Å². The van der Waals surface area contributed by atoms with Crippen LogP contribution in [0, 0.1) is 12.7 Å². The van der Waals surface area contributed by atoms with E-state index in [2.05, 4.69) is 9.89 Å². The van der Waals surface area contributed by atoms with Gasteiger partial charge < -0.3 is 28.4 Å². The molecular formula is C28H22F4N2O6. The van der Waals surface area contributed by atoms with Gasteiger partial charge in [0.2, 0.25) is 0 Å². The Morgan fingerprint density at radius 2 is 1.75 bits per heavy atom. The van der Waals surface area contributed by atoms with Crippen molar-refractivity contribution in [3.05, 3.63) is 71.7 Å². The zero-order chi connectivity index (χ0) is 28.8. The van der Waals surface area contributed by atoms with Crippen molar-refractivity contribution in [1.29, 1.82) is 0 Å². The van der Waals surface area contributed by atoms with Gasteiger partial charge >= 0.3 is 12.3 Å². The summed E-state index contributed by atoms with van der Waals surface area (Å²) in [5, 5.41) is 14.6. The van der Waals surface area contributed by atoms with Gasteiger partial charge in [0.1, 0.15) is 28.8 Å². The first kappa shape index (κ1) is 26.9. The molecule has 1 atom stereocenters. The van der Waals surface area contributed by atoms with E-state index in [1.54, 1.807) is 29.7 Å². The van der Waals surface area contributed by atoms with Gasteiger partial charge in [0.15, 0.2) is 11.7 Å². The molecule has 0 fully saturated rings. The lowest BCUT2D eigenvalue weighted by Gasteiger charge is -2.14. The number of aliphatic carboxylic acids is 1. The summed E-state index contributed by atoms with van der Waals surface area (Å²) in [7, 11) is 1.51. The Labute approximate surface area is 224 Å². The third kappa shape index (κ3) is 5.12. The lowest BCUT2D eigenvalue weighted by molar-refractivity contribution is -0.274. The van der Waals surface area contributed by atoms with Gasteiger partial charge in [0, 0.05) is 34.3 Å². The zero-order valence-corrected chi connectivity index (χ0v) is 21.4. The molecule has 3 aromatic carbocycles. The number of carboxylic acids is 1. The van der Waals surface area contributed by atoms with Gasteiger partial charge in [-0.05, 0) is 56.3 Å². The highest BCUT2D eigenvalue weighted by Crippen LogP contribution is 2.40. The van der Waals surface area contributed by atoms with E-state index in [0.717, 1.165) is 6.07 Å². The second-order valence-corrected chi connectivity index (χ2v) is 9.02. The number of rotatable bonds is 8. The maximum atomic E-state index is 14.9. The lowest BCUT2D eigenvalue weighted by atomic mass is 10.0. The molecule has 0 saturated carbocycles. The number of halogens is 4. The smallest absolute Gasteiger partial charge is 0.497 e. The van der Waals surface area contributed by atoms with Gasteiger partial charge in [-0.3, -0.25) is 0 Å². The summed E-state index contributed by atoms with van der Waals surface area (Å²) in [6.07, 6.45) is -6.09. The highest BCUT2D eigenvalue weighted by Gasteiger charge is 2.32. The predicted octanol–water partition coefficient (Wildman–Crippen LogP) is 6.70. The number of hydrogen-bond acceptors (Lipinski definition) is 6. The van der Waals surface area contributed by atoms with E-state index in [4.69, 9.17) is 19.1 Å². The van der Waals surface area contributed by atoms with E-state index in [-0.39, 0.29) is 17.9 Å². The maximum Gasteiger partial charge on any atom is 0.573 e. The molecule has 0 unspecified atom stereocenters. The normalized spacial score (nSPS) is 12.6. The number of alkyl halides is 3. The summed E-state index contributed by atoms with van der Waals surface area (Å²) < 4.78 is 75.9. The van der Waals surface area contributed by atoms with E-state index in [1.165, 1.54) is 44.4 Å². The first-order valence-corrected chi connectivity index (χ1v) is 12.0. The number of hydrogen-bond donors (Lipinski definition) is 1. The molecule has 2 heterocycles. The van der Waals surface area contributed by atoms with E-state index in [0.29, 0.717) is 44.6 Å². The summed E-state index contributed by atoms with van der Waals surface area (Å²) in [4.78, 5) is 11.2. The molecule has 0 radical (unpaired) electrons. The molecule has 5 rings (SSSR count). The summed E-state index contributed by atoms with van der Waals surface area (Å²) in [6, 6.07) is 12.8. The summed E-state index contributed by atoms with van der Waals surface area (Å²) in [5.74, 6) is -1.58. The molecule has 0 bridgehead atoms. The van der Waals surface area contributed by atoms with Gasteiger partial charge in [0.25, 0.3) is 0 Å². The molecule has 8 nitrogen and oxygen atoms in total. The minimum Gasteiger partial charge on any atom is -0.497 e. The number of carbonyl (C=O) groups is 1. The van der Waals surface area contributed by atoms with Crippen LogP contribution in [0.3, 0.4) is 0 Å². The van der Waals surface area contributed by atoms with Gasteiger partial charge in [-0.25, -0.2) is 9.18 Å². The first-order chi connectivity index (χ1) is 18.9. The Hall–Kier alpha value is -4.74. The van der Waals surface area contributed by atoms with Crippen LogP contribution >= 0.6 is 0 Å².